The zero-order valence-corrected chi connectivity index (χ0v) is 11.0. The fourth-order valence-electron chi connectivity index (χ4n) is 2.01. The predicted molar refractivity (Wildman–Crippen MR) is 53.6 cm³/mol. The summed E-state index contributed by atoms with van der Waals surface area (Å²) in [4.78, 5) is 43.1. The van der Waals surface area contributed by atoms with Gasteiger partial charge in [-0.1, -0.05) is 25.7 Å². The topological polar surface area (TPSA) is 138 Å². The summed E-state index contributed by atoms with van der Waals surface area (Å²) in [6, 6.07) is -0.394. The van der Waals surface area contributed by atoms with E-state index in [-0.39, 0.29) is 0 Å². The summed E-state index contributed by atoms with van der Waals surface area (Å²) in [5, 5.41) is 2.20. The molecule has 0 aliphatic heterocycles. The molecule has 1 fully saturated rings. The number of nitrogens with one attached hydrogen (secondary N) is 1. The van der Waals surface area contributed by atoms with Crippen molar-refractivity contribution in [1.29, 1.82) is 0 Å². The van der Waals surface area contributed by atoms with Crippen LogP contribution >= 0.6 is 15.2 Å². The minimum Gasteiger partial charge on any atom is -0.809 e. The van der Waals surface area contributed by atoms with E-state index in [1.54, 1.807) is 0 Å². The Bertz CT molecular complexity index is 307. The van der Waals surface area contributed by atoms with Crippen LogP contribution in [0.25, 0.3) is 0 Å². The first-order valence-electron chi connectivity index (χ1n) is 5.51. The first-order chi connectivity index (χ1) is 7.71. The van der Waals surface area contributed by atoms with Crippen LogP contribution in [-0.2, 0) is 9.13 Å². The SMILES string of the molecule is O=P([O-])([O-])C(NC1CCCCCC1)P(=O)([O-])[O-]. The van der Waals surface area contributed by atoms with E-state index in [0.29, 0.717) is 12.8 Å². The van der Waals surface area contributed by atoms with Gasteiger partial charge in [-0.2, -0.15) is 0 Å². The average Bonchev–Trinajstić information content (AvgIpc) is 2.38. The molecule has 0 saturated heterocycles. The van der Waals surface area contributed by atoms with Crippen LogP contribution in [0.5, 0.6) is 0 Å². The van der Waals surface area contributed by atoms with Gasteiger partial charge in [0.25, 0.3) is 0 Å². The molecule has 1 N–H and O–H groups in total. The maximum atomic E-state index is 10.8. The molecule has 102 valence electrons. The molecule has 0 aromatic heterocycles. The van der Waals surface area contributed by atoms with Gasteiger partial charge in [-0.05, 0) is 28.0 Å². The zero-order valence-electron chi connectivity index (χ0n) is 9.24. The summed E-state index contributed by atoms with van der Waals surface area (Å²) in [5.41, 5.74) is -2.52. The van der Waals surface area contributed by atoms with Crippen molar-refractivity contribution in [2.45, 2.75) is 50.1 Å². The maximum Gasteiger partial charge on any atom is 0.0625 e. The van der Waals surface area contributed by atoms with Crippen LogP contribution in [-0.4, -0.2) is 11.6 Å². The maximum absolute atomic E-state index is 10.8. The Hall–Kier alpha value is 0.260. The highest BCUT2D eigenvalue weighted by Crippen LogP contribution is 2.48. The van der Waals surface area contributed by atoms with E-state index in [2.05, 4.69) is 5.32 Å². The summed E-state index contributed by atoms with van der Waals surface area (Å²) in [6.07, 6.45) is 4.79. The lowest BCUT2D eigenvalue weighted by Gasteiger charge is -2.50. The van der Waals surface area contributed by atoms with E-state index in [4.69, 9.17) is 0 Å². The summed E-state index contributed by atoms with van der Waals surface area (Å²) in [7, 11) is -11.0. The van der Waals surface area contributed by atoms with Gasteiger partial charge < -0.3 is 34.0 Å². The summed E-state index contributed by atoms with van der Waals surface area (Å²) < 4.78 is 21.6. The van der Waals surface area contributed by atoms with Crippen molar-refractivity contribution in [2.75, 3.05) is 0 Å². The second-order valence-corrected chi connectivity index (χ2v) is 7.91. The predicted octanol–water partition coefficient (Wildman–Crippen LogP) is -1.59. The van der Waals surface area contributed by atoms with Gasteiger partial charge in [-0.15, -0.1) is 0 Å². The molecule has 0 unspecified atom stereocenters. The van der Waals surface area contributed by atoms with Crippen molar-refractivity contribution in [3.8, 4) is 0 Å². The normalized spacial score (nSPS) is 20.5. The molecule has 0 heterocycles. The van der Waals surface area contributed by atoms with Crippen molar-refractivity contribution in [2.24, 2.45) is 0 Å². The first kappa shape index (κ1) is 15.3. The van der Waals surface area contributed by atoms with Gasteiger partial charge in [-0.3, -0.25) is 0 Å². The Balaban J connectivity index is 2.72. The standard InChI is InChI=1S/C8H19NO6P2/c10-16(11,12)8(17(13,14)15)9-7-5-3-1-2-4-6-7/h7-9H,1-6H2,(H2,10,11,12)(H2,13,14,15)/p-4. The molecule has 1 rings (SSSR count). The first-order valence-corrected chi connectivity index (χ1v) is 8.73. The third kappa shape index (κ3) is 5.18. The Morgan fingerprint density at radius 1 is 0.882 bits per heavy atom. The van der Waals surface area contributed by atoms with Gasteiger partial charge in [0.05, 0.1) is 5.52 Å². The van der Waals surface area contributed by atoms with Crippen molar-refractivity contribution in [3.63, 3.8) is 0 Å². The molecule has 0 spiro atoms. The van der Waals surface area contributed by atoms with Crippen LogP contribution in [0.1, 0.15) is 38.5 Å². The van der Waals surface area contributed by atoms with Crippen LogP contribution in [0, 0.1) is 0 Å². The van der Waals surface area contributed by atoms with Gasteiger partial charge in [0.1, 0.15) is 0 Å². The lowest BCUT2D eigenvalue weighted by Crippen LogP contribution is -2.47. The second-order valence-electron chi connectivity index (χ2n) is 4.31. The fraction of sp³-hybridized carbons (Fsp3) is 1.00. The molecule has 0 aromatic carbocycles. The number of hydrogen-bond acceptors (Lipinski definition) is 7. The summed E-state index contributed by atoms with van der Waals surface area (Å²) in [5.74, 6) is 0. The fourth-order valence-corrected chi connectivity index (χ4v) is 4.19. The Kier molecular flexibility index (Phi) is 5.35. The van der Waals surface area contributed by atoms with Crippen LogP contribution in [0.4, 0.5) is 0 Å². The molecular weight excluding hydrogens is 268 g/mol. The highest BCUT2D eigenvalue weighted by atomic mass is 31.2. The van der Waals surface area contributed by atoms with E-state index in [1.807, 2.05) is 0 Å². The smallest absolute Gasteiger partial charge is 0.0625 e. The van der Waals surface area contributed by atoms with Gasteiger partial charge in [0.15, 0.2) is 0 Å². The summed E-state index contributed by atoms with van der Waals surface area (Å²) in [6.45, 7) is 0. The van der Waals surface area contributed by atoms with Crippen LogP contribution in [0.3, 0.4) is 0 Å². The monoisotopic (exact) mass is 283 g/mol. The number of hydrogen-bond donors (Lipinski definition) is 1. The molecule has 0 radical (unpaired) electrons. The van der Waals surface area contributed by atoms with Crippen LogP contribution in [0.15, 0.2) is 0 Å². The Labute approximate surface area is 99.9 Å². The van der Waals surface area contributed by atoms with E-state index in [9.17, 15) is 28.7 Å². The van der Waals surface area contributed by atoms with Crippen molar-refractivity contribution in [3.05, 3.63) is 0 Å². The third-order valence-electron chi connectivity index (χ3n) is 2.84. The van der Waals surface area contributed by atoms with Gasteiger partial charge in [0.2, 0.25) is 0 Å². The van der Waals surface area contributed by atoms with E-state index in [1.165, 1.54) is 0 Å². The molecular formula is C8H15NO6P2-4. The van der Waals surface area contributed by atoms with E-state index >= 15 is 0 Å². The molecule has 17 heavy (non-hydrogen) atoms. The molecule has 1 aliphatic carbocycles. The van der Waals surface area contributed by atoms with Gasteiger partial charge in [0, 0.05) is 6.04 Å². The minimum absolute atomic E-state index is 0.394. The largest absolute Gasteiger partial charge is 0.809 e. The van der Waals surface area contributed by atoms with Crippen molar-refractivity contribution < 1.29 is 28.7 Å². The summed E-state index contributed by atoms with van der Waals surface area (Å²) >= 11 is 0. The van der Waals surface area contributed by atoms with E-state index in [0.717, 1.165) is 25.7 Å². The molecule has 0 aromatic rings. The lowest BCUT2D eigenvalue weighted by molar-refractivity contribution is -0.331. The average molecular weight is 283 g/mol. The zero-order chi connectivity index (χ0) is 13.1. The third-order valence-corrected chi connectivity index (χ3v) is 6.03. The molecule has 1 saturated carbocycles. The molecule has 9 heteroatoms. The Morgan fingerprint density at radius 2 is 1.29 bits per heavy atom. The lowest BCUT2D eigenvalue weighted by atomic mass is 10.1. The quantitative estimate of drug-likeness (QED) is 0.484. The molecule has 1 aliphatic rings. The van der Waals surface area contributed by atoms with Crippen LogP contribution < -0.4 is 24.9 Å². The minimum atomic E-state index is -5.48. The molecule has 0 atom stereocenters. The highest BCUT2D eigenvalue weighted by Gasteiger charge is 2.22. The van der Waals surface area contributed by atoms with Crippen LogP contribution in [0.2, 0.25) is 0 Å². The van der Waals surface area contributed by atoms with Crippen molar-refractivity contribution >= 4 is 15.2 Å². The highest BCUT2D eigenvalue weighted by molar-refractivity contribution is 7.68. The molecule has 7 nitrogen and oxygen atoms in total. The van der Waals surface area contributed by atoms with Gasteiger partial charge >= 0.3 is 0 Å². The van der Waals surface area contributed by atoms with E-state index < -0.39 is 26.8 Å². The van der Waals surface area contributed by atoms with Crippen molar-refractivity contribution in [1.82, 2.24) is 5.32 Å². The van der Waals surface area contributed by atoms with Gasteiger partial charge in [-0.25, -0.2) is 0 Å². The molecule has 0 amide bonds. The molecule has 0 bridgehead atoms. The Morgan fingerprint density at radius 3 is 1.65 bits per heavy atom. The second kappa shape index (κ2) is 5.93. The number of rotatable bonds is 4.